The molecule has 1 N–H and O–H groups in total. The van der Waals surface area contributed by atoms with Gasteiger partial charge in [0.2, 0.25) is 0 Å². The lowest BCUT2D eigenvalue weighted by Crippen LogP contribution is -2.23. The van der Waals surface area contributed by atoms with Crippen molar-refractivity contribution in [2.45, 2.75) is 36.5 Å². The van der Waals surface area contributed by atoms with Crippen LogP contribution in [0, 0.1) is 0 Å². The van der Waals surface area contributed by atoms with Crippen LogP contribution in [0.1, 0.15) is 23.6 Å². The van der Waals surface area contributed by atoms with E-state index in [0.29, 0.717) is 5.25 Å². The van der Waals surface area contributed by atoms with Gasteiger partial charge in [-0.1, -0.05) is 49.4 Å². The van der Waals surface area contributed by atoms with E-state index in [2.05, 4.69) is 60.8 Å². The summed E-state index contributed by atoms with van der Waals surface area (Å²) in [7, 11) is 0. The Morgan fingerprint density at radius 1 is 1.05 bits per heavy atom. The van der Waals surface area contributed by atoms with Gasteiger partial charge in [0.15, 0.2) is 0 Å². The molecule has 0 aromatic heterocycles. The van der Waals surface area contributed by atoms with Crippen molar-refractivity contribution in [1.82, 2.24) is 5.32 Å². The molecule has 2 heteroatoms. The maximum atomic E-state index is 3.60. The van der Waals surface area contributed by atoms with Gasteiger partial charge in [0.05, 0.1) is 0 Å². The first-order chi connectivity index (χ1) is 9.85. The van der Waals surface area contributed by atoms with Crippen molar-refractivity contribution in [2.75, 3.05) is 6.54 Å². The first-order valence-electron chi connectivity index (χ1n) is 7.38. The van der Waals surface area contributed by atoms with Crippen LogP contribution in [0.2, 0.25) is 0 Å². The zero-order valence-corrected chi connectivity index (χ0v) is 12.7. The Balaban J connectivity index is 1.47. The van der Waals surface area contributed by atoms with Crippen LogP contribution >= 0.6 is 11.8 Å². The fourth-order valence-corrected chi connectivity index (χ4v) is 3.92. The SMILES string of the molecule is CCc1ccc(CNCC2Cc3ccccc3S2)cc1. The van der Waals surface area contributed by atoms with E-state index in [9.17, 15) is 0 Å². The second-order valence-corrected chi connectivity index (χ2v) is 6.69. The molecule has 1 aliphatic heterocycles. The molecule has 0 saturated carbocycles. The summed E-state index contributed by atoms with van der Waals surface area (Å²) >= 11 is 2.01. The van der Waals surface area contributed by atoms with Gasteiger partial charge in [0, 0.05) is 23.2 Å². The summed E-state index contributed by atoms with van der Waals surface area (Å²) in [6.07, 6.45) is 2.31. The Morgan fingerprint density at radius 2 is 1.80 bits per heavy atom. The second-order valence-electron chi connectivity index (χ2n) is 5.35. The van der Waals surface area contributed by atoms with Crippen molar-refractivity contribution >= 4 is 11.8 Å². The fraction of sp³-hybridized carbons (Fsp3) is 0.333. The molecule has 0 aliphatic carbocycles. The molecule has 2 aromatic rings. The Kier molecular flexibility index (Phi) is 4.44. The quantitative estimate of drug-likeness (QED) is 0.888. The lowest BCUT2D eigenvalue weighted by atomic mass is 10.1. The van der Waals surface area contributed by atoms with Gasteiger partial charge in [-0.15, -0.1) is 11.8 Å². The van der Waals surface area contributed by atoms with Gasteiger partial charge >= 0.3 is 0 Å². The van der Waals surface area contributed by atoms with E-state index in [4.69, 9.17) is 0 Å². The lowest BCUT2D eigenvalue weighted by Gasteiger charge is -2.10. The number of fused-ring (bicyclic) bond motifs is 1. The van der Waals surface area contributed by atoms with Gasteiger partial charge in [-0.25, -0.2) is 0 Å². The van der Waals surface area contributed by atoms with Gasteiger partial charge in [0.25, 0.3) is 0 Å². The minimum absolute atomic E-state index is 0.683. The van der Waals surface area contributed by atoms with Gasteiger partial charge in [-0.05, 0) is 35.6 Å². The summed E-state index contributed by atoms with van der Waals surface area (Å²) in [5, 5.41) is 4.28. The highest BCUT2D eigenvalue weighted by Crippen LogP contribution is 2.36. The van der Waals surface area contributed by atoms with Crippen LogP contribution in [-0.2, 0) is 19.4 Å². The van der Waals surface area contributed by atoms with Crippen molar-refractivity contribution in [3.63, 3.8) is 0 Å². The molecule has 0 radical (unpaired) electrons. The number of benzene rings is 2. The monoisotopic (exact) mass is 283 g/mol. The molecule has 0 saturated heterocycles. The maximum absolute atomic E-state index is 3.60. The summed E-state index contributed by atoms with van der Waals surface area (Å²) < 4.78 is 0. The fourth-order valence-electron chi connectivity index (χ4n) is 2.64. The molecule has 0 fully saturated rings. The Hall–Kier alpha value is -1.25. The molecule has 20 heavy (non-hydrogen) atoms. The van der Waals surface area contributed by atoms with Gasteiger partial charge < -0.3 is 5.32 Å². The zero-order chi connectivity index (χ0) is 13.8. The molecule has 0 amide bonds. The standard InChI is InChI=1S/C18H21NS/c1-2-14-7-9-15(10-8-14)12-19-13-17-11-16-5-3-4-6-18(16)20-17/h3-10,17,19H,2,11-13H2,1H3. The van der Waals surface area contributed by atoms with Crippen molar-refractivity contribution in [1.29, 1.82) is 0 Å². The summed E-state index contributed by atoms with van der Waals surface area (Å²) in [5.41, 5.74) is 4.30. The van der Waals surface area contributed by atoms with Crippen LogP contribution in [-0.4, -0.2) is 11.8 Å². The molecule has 3 rings (SSSR count). The van der Waals surface area contributed by atoms with E-state index in [-0.39, 0.29) is 0 Å². The molecule has 0 spiro atoms. The summed E-state index contributed by atoms with van der Waals surface area (Å²) in [4.78, 5) is 1.46. The number of rotatable bonds is 5. The van der Waals surface area contributed by atoms with E-state index in [1.807, 2.05) is 11.8 Å². The lowest BCUT2D eigenvalue weighted by molar-refractivity contribution is 0.665. The van der Waals surface area contributed by atoms with Crippen molar-refractivity contribution < 1.29 is 0 Å². The average molecular weight is 283 g/mol. The molecule has 0 bridgehead atoms. The zero-order valence-electron chi connectivity index (χ0n) is 11.9. The van der Waals surface area contributed by atoms with Gasteiger partial charge in [0.1, 0.15) is 0 Å². The Bertz CT molecular complexity index is 537. The number of nitrogens with one attached hydrogen (secondary N) is 1. The van der Waals surface area contributed by atoms with E-state index in [1.165, 1.54) is 28.0 Å². The third-order valence-electron chi connectivity index (χ3n) is 3.85. The van der Waals surface area contributed by atoms with Gasteiger partial charge in [-0.2, -0.15) is 0 Å². The van der Waals surface area contributed by atoms with Crippen molar-refractivity contribution in [3.8, 4) is 0 Å². The normalized spacial score (nSPS) is 17.1. The number of aryl methyl sites for hydroxylation is 1. The highest BCUT2D eigenvalue weighted by molar-refractivity contribution is 8.00. The molecule has 1 nitrogen and oxygen atoms in total. The van der Waals surface area contributed by atoms with Crippen LogP contribution in [0.5, 0.6) is 0 Å². The largest absolute Gasteiger partial charge is 0.312 e. The predicted molar refractivity (Wildman–Crippen MR) is 87.3 cm³/mol. The number of hydrogen-bond acceptors (Lipinski definition) is 2. The summed E-state index contributed by atoms with van der Waals surface area (Å²) in [6, 6.07) is 17.7. The summed E-state index contributed by atoms with van der Waals surface area (Å²) in [5.74, 6) is 0. The van der Waals surface area contributed by atoms with Crippen LogP contribution in [0.3, 0.4) is 0 Å². The molecular weight excluding hydrogens is 262 g/mol. The van der Waals surface area contributed by atoms with Crippen molar-refractivity contribution in [2.24, 2.45) is 0 Å². The Morgan fingerprint density at radius 3 is 2.55 bits per heavy atom. The van der Waals surface area contributed by atoms with E-state index in [1.54, 1.807) is 0 Å². The van der Waals surface area contributed by atoms with Crippen LogP contribution in [0.4, 0.5) is 0 Å². The van der Waals surface area contributed by atoms with E-state index >= 15 is 0 Å². The highest BCUT2D eigenvalue weighted by Gasteiger charge is 2.20. The number of thioether (sulfide) groups is 1. The molecule has 1 atom stereocenters. The molecule has 104 valence electrons. The van der Waals surface area contributed by atoms with Crippen LogP contribution in [0.15, 0.2) is 53.4 Å². The highest BCUT2D eigenvalue weighted by atomic mass is 32.2. The second kappa shape index (κ2) is 6.47. The minimum atomic E-state index is 0.683. The first-order valence-corrected chi connectivity index (χ1v) is 8.26. The first kappa shape index (κ1) is 13.7. The van der Waals surface area contributed by atoms with Crippen LogP contribution < -0.4 is 5.32 Å². The molecule has 2 aromatic carbocycles. The number of hydrogen-bond donors (Lipinski definition) is 1. The Labute approximate surface area is 125 Å². The minimum Gasteiger partial charge on any atom is -0.312 e. The molecule has 1 unspecified atom stereocenters. The van der Waals surface area contributed by atoms with Crippen molar-refractivity contribution in [3.05, 3.63) is 65.2 Å². The molecular formula is C18H21NS. The average Bonchev–Trinajstić information content (AvgIpc) is 2.90. The molecule has 1 heterocycles. The predicted octanol–water partition coefficient (Wildman–Crippen LogP) is 4.06. The maximum Gasteiger partial charge on any atom is 0.0260 e. The van der Waals surface area contributed by atoms with E-state index in [0.717, 1.165) is 19.5 Å². The third-order valence-corrected chi connectivity index (χ3v) is 5.17. The third kappa shape index (κ3) is 3.25. The van der Waals surface area contributed by atoms with E-state index < -0.39 is 0 Å². The molecule has 1 aliphatic rings. The summed E-state index contributed by atoms with van der Waals surface area (Å²) in [6.45, 7) is 4.24. The topological polar surface area (TPSA) is 12.0 Å². The van der Waals surface area contributed by atoms with Gasteiger partial charge in [-0.3, -0.25) is 0 Å². The van der Waals surface area contributed by atoms with Crippen LogP contribution in [0.25, 0.3) is 0 Å². The smallest absolute Gasteiger partial charge is 0.0260 e.